The van der Waals surface area contributed by atoms with Gasteiger partial charge in [0.1, 0.15) is 0 Å². The summed E-state index contributed by atoms with van der Waals surface area (Å²) < 4.78 is 27.3. The number of hydrogen-bond acceptors (Lipinski definition) is 4. The lowest BCUT2D eigenvalue weighted by Gasteiger charge is -2.30. The van der Waals surface area contributed by atoms with Crippen LogP contribution in [0.4, 0.5) is 5.69 Å². The number of anilines is 1. The number of amides is 2. The van der Waals surface area contributed by atoms with Crippen molar-refractivity contribution in [2.24, 2.45) is 0 Å². The van der Waals surface area contributed by atoms with Crippen LogP contribution >= 0.6 is 0 Å². The Kier molecular flexibility index (Phi) is 6.38. The minimum absolute atomic E-state index is 0.0792. The zero-order chi connectivity index (χ0) is 21.8. The number of carbonyl (C=O) groups excluding carboxylic acids is 2. The summed E-state index contributed by atoms with van der Waals surface area (Å²) >= 11 is 0. The van der Waals surface area contributed by atoms with Crippen molar-refractivity contribution in [1.82, 2.24) is 9.62 Å². The first kappa shape index (κ1) is 21.5. The van der Waals surface area contributed by atoms with Crippen LogP contribution in [0, 0.1) is 0 Å². The molecule has 0 bridgehead atoms. The molecule has 0 radical (unpaired) electrons. The van der Waals surface area contributed by atoms with Crippen LogP contribution in [-0.4, -0.2) is 50.7 Å². The molecule has 2 aromatic carbocycles. The van der Waals surface area contributed by atoms with Crippen LogP contribution < -0.4 is 10.2 Å². The van der Waals surface area contributed by atoms with Gasteiger partial charge in [0.25, 0.3) is 5.91 Å². The third kappa shape index (κ3) is 4.65. The lowest BCUT2D eigenvalue weighted by molar-refractivity contribution is -0.118. The second kappa shape index (κ2) is 9.20. The van der Waals surface area contributed by atoms with Crippen LogP contribution in [0.2, 0.25) is 0 Å². The van der Waals surface area contributed by atoms with Crippen LogP contribution in [0.1, 0.15) is 41.6 Å². The monoisotopic (exact) mass is 441 g/mol. The lowest BCUT2D eigenvalue weighted by Crippen LogP contribution is -2.38. The van der Waals surface area contributed by atoms with E-state index in [4.69, 9.17) is 0 Å². The molecule has 2 heterocycles. The highest BCUT2D eigenvalue weighted by molar-refractivity contribution is 7.89. The van der Waals surface area contributed by atoms with E-state index in [1.165, 1.54) is 4.31 Å². The van der Waals surface area contributed by atoms with E-state index in [9.17, 15) is 18.0 Å². The fourth-order valence-corrected chi connectivity index (χ4v) is 5.75. The van der Waals surface area contributed by atoms with Crippen LogP contribution in [0.15, 0.2) is 53.4 Å². The van der Waals surface area contributed by atoms with Gasteiger partial charge >= 0.3 is 0 Å². The first-order chi connectivity index (χ1) is 15.0. The van der Waals surface area contributed by atoms with E-state index in [1.54, 1.807) is 47.4 Å². The average Bonchev–Trinajstić information content (AvgIpc) is 3.34. The maximum Gasteiger partial charge on any atom is 0.251 e. The van der Waals surface area contributed by atoms with Crippen LogP contribution in [0.5, 0.6) is 0 Å². The normalized spacial score (nSPS) is 16.7. The predicted molar refractivity (Wildman–Crippen MR) is 119 cm³/mol. The Labute approximate surface area is 183 Å². The van der Waals surface area contributed by atoms with Gasteiger partial charge in [-0.2, -0.15) is 4.31 Å². The first-order valence-corrected chi connectivity index (χ1v) is 12.2. The van der Waals surface area contributed by atoms with Gasteiger partial charge in [-0.1, -0.05) is 18.2 Å². The predicted octanol–water partition coefficient (Wildman–Crippen LogP) is 2.57. The zero-order valence-electron chi connectivity index (χ0n) is 17.4. The van der Waals surface area contributed by atoms with Crippen LogP contribution in [-0.2, 0) is 21.2 Å². The number of carbonyl (C=O) groups is 2. The van der Waals surface area contributed by atoms with Gasteiger partial charge in [0.05, 0.1) is 4.90 Å². The summed E-state index contributed by atoms with van der Waals surface area (Å²) in [5.41, 5.74) is 2.21. The van der Waals surface area contributed by atoms with Crippen LogP contribution in [0.3, 0.4) is 0 Å². The molecule has 4 rings (SSSR count). The highest BCUT2D eigenvalue weighted by Gasteiger charge is 2.29. The molecular weight excluding hydrogens is 414 g/mol. The topological polar surface area (TPSA) is 86.8 Å². The van der Waals surface area contributed by atoms with Crippen molar-refractivity contribution in [2.75, 3.05) is 31.1 Å². The molecule has 8 heteroatoms. The molecule has 2 aliphatic heterocycles. The van der Waals surface area contributed by atoms with Gasteiger partial charge in [0.15, 0.2) is 0 Å². The Morgan fingerprint density at radius 1 is 0.935 bits per heavy atom. The molecule has 31 heavy (non-hydrogen) atoms. The van der Waals surface area contributed by atoms with E-state index in [0.29, 0.717) is 30.1 Å². The lowest BCUT2D eigenvalue weighted by atomic mass is 10.0. The molecule has 1 N–H and O–H groups in total. The van der Waals surface area contributed by atoms with Crippen molar-refractivity contribution >= 4 is 27.5 Å². The molecule has 1 fully saturated rings. The summed E-state index contributed by atoms with van der Waals surface area (Å²) in [6.07, 6.45) is 3.50. The number of benzene rings is 2. The average molecular weight is 442 g/mol. The Morgan fingerprint density at radius 2 is 1.68 bits per heavy atom. The largest absolute Gasteiger partial charge is 0.352 e. The molecule has 0 aliphatic carbocycles. The van der Waals surface area contributed by atoms with Crippen molar-refractivity contribution in [3.63, 3.8) is 0 Å². The quantitative estimate of drug-likeness (QED) is 0.747. The van der Waals surface area contributed by atoms with Crippen molar-refractivity contribution in [2.45, 2.75) is 37.0 Å². The number of fused-ring (bicyclic) bond motifs is 1. The highest BCUT2D eigenvalue weighted by atomic mass is 32.2. The summed E-state index contributed by atoms with van der Waals surface area (Å²) in [5, 5.41) is 2.78. The Hall–Kier alpha value is -2.71. The number of rotatable bonds is 6. The minimum atomic E-state index is -3.48. The fraction of sp³-hybridized carbons (Fsp3) is 0.391. The molecule has 0 aromatic heterocycles. The van der Waals surface area contributed by atoms with E-state index >= 15 is 0 Å². The highest BCUT2D eigenvalue weighted by Crippen LogP contribution is 2.31. The number of hydrogen-bond donors (Lipinski definition) is 1. The Morgan fingerprint density at radius 3 is 2.42 bits per heavy atom. The van der Waals surface area contributed by atoms with Crippen molar-refractivity contribution < 1.29 is 18.0 Å². The Balaban J connectivity index is 1.42. The molecule has 0 spiro atoms. The van der Waals surface area contributed by atoms with Crippen LogP contribution in [0.25, 0.3) is 0 Å². The summed E-state index contributed by atoms with van der Waals surface area (Å²) in [6, 6.07) is 14.0. The second-order valence-electron chi connectivity index (χ2n) is 7.92. The fourth-order valence-electron chi connectivity index (χ4n) is 4.18. The molecule has 1 saturated heterocycles. The third-order valence-corrected chi connectivity index (χ3v) is 7.73. The number of nitrogens with zero attached hydrogens (tertiary/aromatic N) is 2. The molecule has 0 unspecified atom stereocenters. The summed E-state index contributed by atoms with van der Waals surface area (Å²) in [7, 11) is -3.48. The maximum absolute atomic E-state index is 12.9. The van der Waals surface area contributed by atoms with E-state index < -0.39 is 10.0 Å². The number of nitrogens with one attached hydrogen (secondary N) is 1. The van der Waals surface area contributed by atoms with E-state index in [0.717, 1.165) is 36.9 Å². The zero-order valence-corrected chi connectivity index (χ0v) is 18.2. The van der Waals surface area contributed by atoms with E-state index in [1.807, 2.05) is 6.07 Å². The second-order valence-corrected chi connectivity index (χ2v) is 9.86. The summed E-state index contributed by atoms with van der Waals surface area (Å²) in [5.74, 6) is -0.284. The molecule has 2 aliphatic rings. The smallest absolute Gasteiger partial charge is 0.251 e. The number of sulfonamides is 1. The van der Waals surface area contributed by atoms with Gasteiger partial charge < -0.3 is 10.2 Å². The van der Waals surface area contributed by atoms with Gasteiger partial charge in [-0.15, -0.1) is 0 Å². The summed E-state index contributed by atoms with van der Waals surface area (Å²) in [4.78, 5) is 27.0. The Bertz CT molecular complexity index is 1060. The van der Waals surface area contributed by atoms with Crippen molar-refractivity contribution in [3.05, 3.63) is 59.7 Å². The maximum atomic E-state index is 12.9. The molecule has 0 atom stereocenters. The van der Waals surface area contributed by atoms with Gasteiger partial charge in [-0.25, -0.2) is 8.42 Å². The van der Waals surface area contributed by atoms with Gasteiger partial charge in [0, 0.05) is 43.9 Å². The standard InChI is InChI=1S/C23H27N3O4S/c27-22(12-13-24-23(28)18-7-2-1-3-8-18)26-16-6-9-19-17-20(10-11-21(19)26)31(29,30)25-14-4-5-15-25/h1-3,7-8,10-11,17H,4-6,9,12-16H2,(H,24,28). The van der Waals surface area contributed by atoms with E-state index in [-0.39, 0.29) is 24.8 Å². The first-order valence-electron chi connectivity index (χ1n) is 10.7. The summed E-state index contributed by atoms with van der Waals surface area (Å²) in [6.45, 7) is 1.98. The SMILES string of the molecule is O=C(NCCC(=O)N1CCCc2cc(S(=O)(=O)N3CCCC3)ccc21)c1ccccc1. The molecule has 2 aromatic rings. The molecule has 7 nitrogen and oxygen atoms in total. The molecule has 164 valence electrons. The minimum Gasteiger partial charge on any atom is -0.352 e. The van der Waals surface area contributed by atoms with E-state index in [2.05, 4.69) is 5.32 Å². The molecule has 0 saturated carbocycles. The van der Waals surface area contributed by atoms with Gasteiger partial charge in [-0.05, 0) is 61.6 Å². The van der Waals surface area contributed by atoms with Crippen molar-refractivity contribution in [1.29, 1.82) is 0 Å². The van der Waals surface area contributed by atoms with Gasteiger partial charge in [0.2, 0.25) is 15.9 Å². The van der Waals surface area contributed by atoms with Crippen molar-refractivity contribution in [3.8, 4) is 0 Å². The third-order valence-electron chi connectivity index (χ3n) is 5.83. The molecular formula is C23H27N3O4S. The van der Waals surface area contributed by atoms with Gasteiger partial charge in [-0.3, -0.25) is 9.59 Å². The molecule has 2 amide bonds. The number of aryl methyl sites for hydroxylation is 1.